The number of hydrogen-bond donors (Lipinski definition) is 4. The Morgan fingerprint density at radius 3 is 0.481 bits per heavy atom. The lowest BCUT2D eigenvalue weighted by atomic mass is 10.0. The lowest BCUT2D eigenvalue weighted by molar-refractivity contribution is -0.123. The molecule has 0 heterocycles. The molecule has 0 aliphatic carbocycles. The van der Waals surface area contributed by atoms with Gasteiger partial charge >= 0.3 is 6.09 Å². The number of rotatable bonds is 109. The van der Waals surface area contributed by atoms with E-state index in [4.69, 9.17) is 180 Å². The molecule has 0 rings (SSSR count). The molecule has 756 valence electrons. The number of amides is 4. The highest BCUT2D eigenvalue weighted by atomic mass is 16.6. The van der Waals surface area contributed by atoms with Gasteiger partial charge in [0.05, 0.1) is 416 Å². The molecule has 0 saturated heterocycles. The SMILES string of the molecule is C#CCOCCOCCOCCOCCOCCOCCOCCOCCOCCOCCNC(=O)CCOCC(COCCC(=O)NCCOCCOCCOCCOCCOCCOCCOCCOCCOCCOCC#C)(COCCC(=O)NCCOCCOCCOCCOCCOCCOCCOCCOCCOCCOCC#C)NC(=O)OC(C)(C)C. The fourth-order valence-electron chi connectivity index (χ4n) is 9.43. The maximum atomic E-state index is 13.5. The van der Waals surface area contributed by atoms with Crippen LogP contribution in [0.4, 0.5) is 4.79 Å². The van der Waals surface area contributed by atoms with Gasteiger partial charge in [-0.3, -0.25) is 14.4 Å². The van der Waals surface area contributed by atoms with E-state index in [0.717, 1.165) is 0 Å². The summed E-state index contributed by atoms with van der Waals surface area (Å²) in [7, 11) is 0. The summed E-state index contributed by atoms with van der Waals surface area (Å²) in [4.78, 5) is 52.2. The lowest BCUT2D eigenvalue weighted by Gasteiger charge is -2.35. The Morgan fingerprint density at radius 1 is 0.202 bits per heavy atom. The number of terminal acetylenes is 3. The minimum absolute atomic E-state index is 0.0340. The largest absolute Gasteiger partial charge is 0.444 e. The van der Waals surface area contributed by atoms with Crippen LogP contribution in [0.25, 0.3) is 0 Å². The molecule has 0 aliphatic heterocycles. The molecule has 0 aromatic heterocycles. The Morgan fingerprint density at radius 2 is 0.341 bits per heavy atom. The molecule has 0 radical (unpaired) electrons. The highest BCUT2D eigenvalue weighted by Gasteiger charge is 2.36. The molecule has 0 aromatic carbocycles. The molecule has 129 heavy (non-hydrogen) atoms. The van der Waals surface area contributed by atoms with Crippen molar-refractivity contribution in [3.8, 4) is 37.0 Å². The van der Waals surface area contributed by atoms with Crippen LogP contribution >= 0.6 is 0 Å². The quantitative estimate of drug-likeness (QED) is 0.0467. The van der Waals surface area contributed by atoms with Gasteiger partial charge in [-0.1, -0.05) is 17.8 Å². The van der Waals surface area contributed by atoms with Gasteiger partial charge in [0.2, 0.25) is 17.7 Å². The van der Waals surface area contributed by atoms with Crippen molar-refractivity contribution in [3.05, 3.63) is 0 Å². The van der Waals surface area contributed by atoms with Gasteiger partial charge in [0.15, 0.2) is 0 Å². The molecular formula is C87H160N4O38. The van der Waals surface area contributed by atoms with Gasteiger partial charge in [0.1, 0.15) is 31.0 Å². The second-order valence-corrected chi connectivity index (χ2v) is 27.7. The first-order valence-electron chi connectivity index (χ1n) is 44.6. The van der Waals surface area contributed by atoms with Crippen molar-refractivity contribution in [2.75, 3.05) is 456 Å². The highest BCUT2D eigenvalue weighted by Crippen LogP contribution is 2.14. The van der Waals surface area contributed by atoms with Crippen molar-refractivity contribution in [2.45, 2.75) is 51.2 Å². The van der Waals surface area contributed by atoms with Gasteiger partial charge in [0.25, 0.3) is 0 Å². The van der Waals surface area contributed by atoms with Gasteiger partial charge in [-0.25, -0.2) is 4.79 Å². The number of hydrogen-bond acceptors (Lipinski definition) is 38. The van der Waals surface area contributed by atoms with Crippen molar-refractivity contribution in [1.82, 2.24) is 21.3 Å². The first-order chi connectivity index (χ1) is 63.5. The second-order valence-electron chi connectivity index (χ2n) is 27.7. The standard InChI is InChI=1S/C87H160N4O38/c1-7-16-96-25-31-102-37-43-108-49-55-114-61-67-120-73-76-123-70-64-117-58-52-111-46-40-105-34-28-99-22-13-88-82(92)10-19-126-79-87(91-85(95)129-86(4,5)6,80-127-20-11-83(93)89-14-23-100-29-35-106-41-47-112-53-59-118-65-71-124-77-74-121-68-62-115-56-50-109-44-38-103-32-26-97-17-8-2)81-128-21-12-84(94)90-15-24-101-30-36-107-42-48-113-54-60-119-66-72-125-78-75-122-69-63-116-57-51-110-45-39-104-33-27-98-18-9-3/h1-3H,10-81H2,4-6H3,(H,88,92)(H,89,93)(H,90,94)(H,91,95). The zero-order valence-corrected chi connectivity index (χ0v) is 77.7. The Kier molecular flexibility index (Phi) is 101. The van der Waals surface area contributed by atoms with E-state index >= 15 is 0 Å². The topological polar surface area (TPSA) is 430 Å². The molecule has 0 atom stereocenters. The molecule has 0 saturated carbocycles. The summed E-state index contributed by atoms with van der Waals surface area (Å²) >= 11 is 0. The third-order valence-electron chi connectivity index (χ3n) is 15.6. The van der Waals surface area contributed by atoms with Crippen LogP contribution in [0.5, 0.6) is 0 Å². The predicted molar refractivity (Wildman–Crippen MR) is 469 cm³/mol. The number of carbonyl (C=O) groups is 4. The van der Waals surface area contributed by atoms with Crippen molar-refractivity contribution in [2.24, 2.45) is 0 Å². The van der Waals surface area contributed by atoms with E-state index in [-0.39, 0.29) is 136 Å². The molecule has 0 fully saturated rings. The van der Waals surface area contributed by atoms with Crippen LogP contribution in [0.2, 0.25) is 0 Å². The summed E-state index contributed by atoms with van der Waals surface area (Å²) < 4.78 is 188. The van der Waals surface area contributed by atoms with Crippen molar-refractivity contribution in [1.29, 1.82) is 0 Å². The fraction of sp³-hybridized carbons (Fsp3) is 0.885. The van der Waals surface area contributed by atoms with E-state index in [1.807, 2.05) is 0 Å². The van der Waals surface area contributed by atoms with Crippen LogP contribution in [-0.2, 0) is 175 Å². The molecular weight excluding hydrogens is 1710 g/mol. The number of ether oxygens (including phenoxy) is 34. The summed E-state index contributed by atoms with van der Waals surface area (Å²) in [6.45, 7) is 29.6. The van der Waals surface area contributed by atoms with E-state index in [0.29, 0.717) is 357 Å². The summed E-state index contributed by atoms with van der Waals surface area (Å²) in [5.74, 6) is 6.28. The molecule has 4 N–H and O–H groups in total. The van der Waals surface area contributed by atoms with E-state index in [9.17, 15) is 19.2 Å². The summed E-state index contributed by atoms with van der Waals surface area (Å²) in [5.41, 5.74) is -2.31. The van der Waals surface area contributed by atoms with Crippen molar-refractivity contribution >= 4 is 23.8 Å². The predicted octanol–water partition coefficient (Wildman–Crippen LogP) is 0.216. The monoisotopic (exact) mass is 1870 g/mol. The third kappa shape index (κ3) is 105. The number of carbonyl (C=O) groups excluding carboxylic acids is 4. The molecule has 4 amide bonds. The number of nitrogens with one attached hydrogen (secondary N) is 4. The summed E-state index contributed by atoms with van der Waals surface area (Å²) in [5, 5.41) is 11.3. The maximum Gasteiger partial charge on any atom is 0.408 e. The third-order valence-corrected chi connectivity index (χ3v) is 15.6. The van der Waals surface area contributed by atoms with Crippen LogP contribution in [0, 0.1) is 37.0 Å². The Balaban J connectivity index is 4.68. The van der Waals surface area contributed by atoms with Gasteiger partial charge in [-0.2, -0.15) is 0 Å². The van der Waals surface area contributed by atoms with E-state index in [2.05, 4.69) is 39.0 Å². The smallest absolute Gasteiger partial charge is 0.408 e. The zero-order chi connectivity index (χ0) is 93.2. The van der Waals surface area contributed by atoms with Crippen molar-refractivity contribution < 1.29 is 180 Å². The Hall–Kier alpha value is -4.96. The Labute approximate surface area is 766 Å². The van der Waals surface area contributed by atoms with Crippen LogP contribution < -0.4 is 21.3 Å². The highest BCUT2D eigenvalue weighted by molar-refractivity contribution is 5.76. The average Bonchev–Trinajstić information content (AvgIpc) is 0.847. The van der Waals surface area contributed by atoms with E-state index in [1.54, 1.807) is 20.8 Å². The van der Waals surface area contributed by atoms with Crippen LogP contribution in [-0.4, -0.2) is 491 Å². The molecule has 42 heteroatoms. The molecule has 0 aliphatic rings. The van der Waals surface area contributed by atoms with Crippen LogP contribution in [0.3, 0.4) is 0 Å². The van der Waals surface area contributed by atoms with E-state index < -0.39 is 17.2 Å². The second kappa shape index (κ2) is 105. The van der Waals surface area contributed by atoms with Crippen LogP contribution in [0.1, 0.15) is 40.0 Å². The first-order valence-corrected chi connectivity index (χ1v) is 44.6. The molecule has 0 unspecified atom stereocenters. The van der Waals surface area contributed by atoms with Gasteiger partial charge < -0.3 is 182 Å². The summed E-state index contributed by atoms with van der Waals surface area (Å²) in [6.07, 6.45) is 14.5. The maximum absolute atomic E-state index is 13.5. The number of alkyl carbamates (subject to hydrolysis) is 1. The minimum atomic E-state index is -1.42. The fourth-order valence-corrected chi connectivity index (χ4v) is 9.43. The van der Waals surface area contributed by atoms with Crippen LogP contribution in [0.15, 0.2) is 0 Å². The first kappa shape index (κ1) is 124. The van der Waals surface area contributed by atoms with Gasteiger partial charge in [0, 0.05) is 38.9 Å². The summed E-state index contributed by atoms with van der Waals surface area (Å²) in [6, 6.07) is 0. The molecule has 0 spiro atoms. The molecule has 0 bridgehead atoms. The van der Waals surface area contributed by atoms with Crippen molar-refractivity contribution in [3.63, 3.8) is 0 Å². The average molecular weight is 1870 g/mol. The minimum Gasteiger partial charge on any atom is -0.444 e. The normalized spacial score (nSPS) is 11.6. The van der Waals surface area contributed by atoms with Gasteiger partial charge in [-0.05, 0) is 20.8 Å². The Bertz CT molecular complexity index is 2260. The lowest BCUT2D eigenvalue weighted by Crippen LogP contribution is -2.59. The zero-order valence-electron chi connectivity index (χ0n) is 77.7. The van der Waals surface area contributed by atoms with Gasteiger partial charge in [-0.15, -0.1) is 19.3 Å². The van der Waals surface area contributed by atoms with E-state index in [1.165, 1.54) is 0 Å². The molecule has 42 nitrogen and oxygen atoms in total. The molecule has 0 aromatic rings.